The average molecular weight is 271 g/mol. The summed E-state index contributed by atoms with van der Waals surface area (Å²) in [6.07, 6.45) is 0.381. The van der Waals surface area contributed by atoms with Crippen LogP contribution in [0.5, 0.6) is 0 Å². The molecule has 0 fully saturated rings. The maximum absolute atomic E-state index is 11.5. The van der Waals surface area contributed by atoms with Crippen molar-refractivity contribution in [2.24, 2.45) is 5.73 Å². The van der Waals surface area contributed by atoms with Crippen molar-refractivity contribution in [2.45, 2.75) is 19.4 Å². The number of hydrogen-bond acceptors (Lipinski definition) is 2. The molecule has 3 nitrogen and oxygen atoms in total. The zero-order chi connectivity index (χ0) is 11.3. The summed E-state index contributed by atoms with van der Waals surface area (Å²) < 4.78 is 0.959. The number of benzene rings is 1. The van der Waals surface area contributed by atoms with Gasteiger partial charge < -0.3 is 11.1 Å². The highest BCUT2D eigenvalue weighted by molar-refractivity contribution is 9.10. The number of hydrogen-bond donors (Lipinski definition) is 2. The fraction of sp³-hybridized carbons (Fsp3) is 0.364. The molecular formula is C11H15BrN2O. The molecule has 4 heteroatoms. The Kier molecular flexibility index (Phi) is 4.78. The lowest BCUT2D eigenvalue weighted by Gasteiger charge is -2.11. The van der Waals surface area contributed by atoms with Gasteiger partial charge in [-0.05, 0) is 18.6 Å². The standard InChI is InChI=1S/C11H15BrN2O/c1-8(7-13)14-11(15)6-9-4-2-3-5-10(9)12/h2-5,8H,6-7,13H2,1H3,(H,14,15)/t8-/m0/s1. The van der Waals surface area contributed by atoms with Crippen LogP contribution in [-0.4, -0.2) is 18.5 Å². The topological polar surface area (TPSA) is 55.1 Å². The van der Waals surface area contributed by atoms with Gasteiger partial charge >= 0.3 is 0 Å². The van der Waals surface area contributed by atoms with Crippen LogP contribution in [-0.2, 0) is 11.2 Å². The van der Waals surface area contributed by atoms with Crippen molar-refractivity contribution >= 4 is 21.8 Å². The molecule has 82 valence electrons. The van der Waals surface area contributed by atoms with E-state index in [1.807, 2.05) is 31.2 Å². The first-order chi connectivity index (χ1) is 7.13. The van der Waals surface area contributed by atoms with Gasteiger partial charge in [0.05, 0.1) is 6.42 Å². The number of rotatable bonds is 4. The predicted octanol–water partition coefficient (Wildman–Crippen LogP) is 1.46. The molecule has 0 heterocycles. The normalized spacial score (nSPS) is 12.2. The second-order valence-electron chi connectivity index (χ2n) is 3.47. The Hall–Kier alpha value is -0.870. The van der Waals surface area contributed by atoms with Crippen molar-refractivity contribution in [3.05, 3.63) is 34.3 Å². The average Bonchev–Trinajstić information content (AvgIpc) is 2.21. The third-order valence-electron chi connectivity index (χ3n) is 2.07. The number of nitrogens with two attached hydrogens (primary N) is 1. The molecule has 0 spiro atoms. The lowest BCUT2D eigenvalue weighted by Crippen LogP contribution is -2.38. The molecule has 1 rings (SSSR count). The number of nitrogens with one attached hydrogen (secondary N) is 1. The van der Waals surface area contributed by atoms with Gasteiger partial charge in [-0.3, -0.25) is 4.79 Å². The number of amides is 1. The van der Waals surface area contributed by atoms with Gasteiger partial charge in [0.15, 0.2) is 0 Å². The van der Waals surface area contributed by atoms with E-state index in [4.69, 9.17) is 5.73 Å². The summed E-state index contributed by atoms with van der Waals surface area (Å²) in [4.78, 5) is 11.5. The molecule has 1 aromatic rings. The molecule has 1 atom stereocenters. The number of carbonyl (C=O) groups excluding carboxylic acids is 1. The van der Waals surface area contributed by atoms with E-state index in [0.717, 1.165) is 10.0 Å². The third-order valence-corrected chi connectivity index (χ3v) is 2.84. The molecule has 0 saturated carbocycles. The molecule has 0 aromatic heterocycles. The van der Waals surface area contributed by atoms with Crippen LogP contribution in [0.2, 0.25) is 0 Å². The van der Waals surface area contributed by atoms with Crippen LogP contribution in [0.1, 0.15) is 12.5 Å². The quantitative estimate of drug-likeness (QED) is 0.871. The molecule has 3 N–H and O–H groups in total. The van der Waals surface area contributed by atoms with E-state index in [-0.39, 0.29) is 11.9 Å². The van der Waals surface area contributed by atoms with Gasteiger partial charge in [-0.1, -0.05) is 34.1 Å². The summed E-state index contributed by atoms with van der Waals surface area (Å²) in [5.74, 6) is -0.000139. The maximum atomic E-state index is 11.5. The van der Waals surface area contributed by atoms with Crippen LogP contribution in [0.4, 0.5) is 0 Å². The first kappa shape index (κ1) is 12.2. The third kappa shape index (κ3) is 4.01. The highest BCUT2D eigenvalue weighted by Crippen LogP contribution is 2.16. The first-order valence-corrected chi connectivity index (χ1v) is 5.65. The van der Waals surface area contributed by atoms with Crippen molar-refractivity contribution in [1.29, 1.82) is 0 Å². The Labute approximate surface area is 98.2 Å². The summed E-state index contributed by atoms with van der Waals surface area (Å²) in [6, 6.07) is 7.72. The largest absolute Gasteiger partial charge is 0.352 e. The van der Waals surface area contributed by atoms with Gasteiger partial charge in [0.2, 0.25) is 5.91 Å². The predicted molar refractivity (Wildman–Crippen MR) is 64.5 cm³/mol. The van der Waals surface area contributed by atoms with Gasteiger partial charge in [0.25, 0.3) is 0 Å². The molecular weight excluding hydrogens is 256 g/mol. The SMILES string of the molecule is C[C@@H](CN)NC(=O)Cc1ccccc1Br. The van der Waals surface area contributed by atoms with Gasteiger partial charge in [0, 0.05) is 17.1 Å². The second-order valence-corrected chi connectivity index (χ2v) is 4.33. The zero-order valence-electron chi connectivity index (χ0n) is 8.66. The van der Waals surface area contributed by atoms with E-state index in [2.05, 4.69) is 21.2 Å². The molecule has 0 radical (unpaired) electrons. The van der Waals surface area contributed by atoms with Crippen LogP contribution >= 0.6 is 15.9 Å². The molecule has 0 saturated heterocycles. The summed E-state index contributed by atoms with van der Waals surface area (Å²) in [5.41, 5.74) is 6.41. The van der Waals surface area contributed by atoms with Gasteiger partial charge in [-0.25, -0.2) is 0 Å². The highest BCUT2D eigenvalue weighted by Gasteiger charge is 2.08. The Morgan fingerprint density at radius 2 is 2.20 bits per heavy atom. The minimum absolute atomic E-state index is 0.000139. The first-order valence-electron chi connectivity index (χ1n) is 4.86. The number of carbonyl (C=O) groups is 1. The Balaban J connectivity index is 2.55. The minimum atomic E-state index is -0.000139. The molecule has 1 amide bonds. The van der Waals surface area contributed by atoms with E-state index < -0.39 is 0 Å². The molecule has 0 unspecified atom stereocenters. The monoisotopic (exact) mass is 270 g/mol. The molecule has 0 aliphatic heterocycles. The molecule has 0 bridgehead atoms. The lowest BCUT2D eigenvalue weighted by atomic mass is 10.1. The van der Waals surface area contributed by atoms with Crippen LogP contribution in [0.3, 0.4) is 0 Å². The van der Waals surface area contributed by atoms with Crippen molar-refractivity contribution in [2.75, 3.05) is 6.54 Å². The molecule has 15 heavy (non-hydrogen) atoms. The van der Waals surface area contributed by atoms with E-state index >= 15 is 0 Å². The van der Waals surface area contributed by atoms with Gasteiger partial charge in [-0.15, -0.1) is 0 Å². The minimum Gasteiger partial charge on any atom is -0.352 e. The Bertz CT molecular complexity index is 341. The summed E-state index contributed by atoms with van der Waals surface area (Å²) in [5, 5.41) is 2.82. The molecule has 0 aliphatic rings. The van der Waals surface area contributed by atoms with Crippen LogP contribution < -0.4 is 11.1 Å². The van der Waals surface area contributed by atoms with Gasteiger partial charge in [0.1, 0.15) is 0 Å². The lowest BCUT2D eigenvalue weighted by molar-refractivity contribution is -0.121. The van der Waals surface area contributed by atoms with Gasteiger partial charge in [-0.2, -0.15) is 0 Å². The Morgan fingerprint density at radius 1 is 1.53 bits per heavy atom. The van der Waals surface area contributed by atoms with E-state index in [1.54, 1.807) is 0 Å². The summed E-state index contributed by atoms with van der Waals surface area (Å²) in [6.45, 7) is 2.35. The van der Waals surface area contributed by atoms with Crippen molar-refractivity contribution in [1.82, 2.24) is 5.32 Å². The maximum Gasteiger partial charge on any atom is 0.224 e. The molecule has 0 aliphatic carbocycles. The van der Waals surface area contributed by atoms with Crippen molar-refractivity contribution < 1.29 is 4.79 Å². The van der Waals surface area contributed by atoms with E-state index in [1.165, 1.54) is 0 Å². The van der Waals surface area contributed by atoms with E-state index in [9.17, 15) is 4.79 Å². The summed E-state index contributed by atoms with van der Waals surface area (Å²) >= 11 is 3.40. The number of halogens is 1. The summed E-state index contributed by atoms with van der Waals surface area (Å²) in [7, 11) is 0. The van der Waals surface area contributed by atoms with E-state index in [0.29, 0.717) is 13.0 Å². The zero-order valence-corrected chi connectivity index (χ0v) is 10.3. The fourth-order valence-electron chi connectivity index (χ4n) is 1.20. The molecule has 1 aromatic carbocycles. The smallest absolute Gasteiger partial charge is 0.224 e. The highest BCUT2D eigenvalue weighted by atomic mass is 79.9. The van der Waals surface area contributed by atoms with Crippen molar-refractivity contribution in [3.8, 4) is 0 Å². The fourth-order valence-corrected chi connectivity index (χ4v) is 1.62. The van der Waals surface area contributed by atoms with Crippen LogP contribution in [0.25, 0.3) is 0 Å². The van der Waals surface area contributed by atoms with Crippen LogP contribution in [0, 0.1) is 0 Å². The second kappa shape index (κ2) is 5.88. The van der Waals surface area contributed by atoms with Crippen molar-refractivity contribution in [3.63, 3.8) is 0 Å². The van der Waals surface area contributed by atoms with Crippen LogP contribution in [0.15, 0.2) is 28.7 Å². The Morgan fingerprint density at radius 3 is 2.80 bits per heavy atom.